The van der Waals surface area contributed by atoms with Crippen LogP contribution in [-0.2, 0) is 13.6 Å². The van der Waals surface area contributed by atoms with Gasteiger partial charge in [0.1, 0.15) is 5.56 Å². The summed E-state index contributed by atoms with van der Waals surface area (Å²) in [5.41, 5.74) is 1.02. The summed E-state index contributed by atoms with van der Waals surface area (Å²) in [6.45, 7) is 5.89. The number of hydrogen-bond acceptors (Lipinski definition) is 3. The number of hydrogen-bond donors (Lipinski definition) is 2. The lowest BCUT2D eigenvalue weighted by molar-refractivity contribution is 0.0695. The zero-order valence-corrected chi connectivity index (χ0v) is 12.1. The van der Waals surface area contributed by atoms with Gasteiger partial charge in [-0.3, -0.25) is 4.68 Å². The van der Waals surface area contributed by atoms with Crippen molar-refractivity contribution in [1.29, 1.82) is 0 Å². The Morgan fingerprint density at radius 2 is 2.26 bits per heavy atom. The van der Waals surface area contributed by atoms with Gasteiger partial charge in [0.25, 0.3) is 0 Å². The number of carbonyl (C=O) groups is 1. The summed E-state index contributed by atoms with van der Waals surface area (Å²) < 4.78 is 1.63. The number of nitrogens with zero attached hydrogens (tertiary/aromatic N) is 2. The molecule has 2 N–H and O–H groups in total. The summed E-state index contributed by atoms with van der Waals surface area (Å²) in [4.78, 5) is 11.0. The number of aromatic carboxylic acids is 1. The van der Waals surface area contributed by atoms with Gasteiger partial charge < -0.3 is 10.4 Å². The Bertz CT molecular complexity index is 401. The van der Waals surface area contributed by atoms with Gasteiger partial charge in [-0.05, 0) is 18.9 Å². The lowest BCUT2D eigenvalue weighted by atomic mass is 9.99. The Morgan fingerprint density at radius 1 is 1.53 bits per heavy atom. The Morgan fingerprint density at radius 3 is 2.84 bits per heavy atom. The van der Waals surface area contributed by atoms with Gasteiger partial charge in [-0.2, -0.15) is 5.10 Å². The van der Waals surface area contributed by atoms with Crippen LogP contribution in [0.25, 0.3) is 0 Å². The first-order valence-electron chi connectivity index (χ1n) is 7.05. The molecule has 0 amide bonds. The van der Waals surface area contributed by atoms with Crippen molar-refractivity contribution in [3.8, 4) is 0 Å². The van der Waals surface area contributed by atoms with E-state index in [-0.39, 0.29) is 5.56 Å². The van der Waals surface area contributed by atoms with Crippen LogP contribution in [0.4, 0.5) is 0 Å². The maximum absolute atomic E-state index is 11.0. The second-order valence-corrected chi connectivity index (χ2v) is 4.98. The van der Waals surface area contributed by atoms with Crippen molar-refractivity contribution >= 4 is 5.97 Å². The standard InChI is InChI=1S/C14H25N3O2/c1-4-6-7-11(5-2)8-15-10-13-12(14(18)19)9-16-17(13)3/h9,11,15H,4-8,10H2,1-3H3,(H,18,19). The molecule has 0 saturated heterocycles. The van der Waals surface area contributed by atoms with Gasteiger partial charge >= 0.3 is 5.97 Å². The van der Waals surface area contributed by atoms with Crippen molar-refractivity contribution in [2.75, 3.05) is 6.54 Å². The van der Waals surface area contributed by atoms with E-state index in [1.165, 1.54) is 25.5 Å². The molecule has 0 aliphatic carbocycles. The number of unbranched alkanes of at least 4 members (excludes halogenated alkanes) is 1. The summed E-state index contributed by atoms with van der Waals surface area (Å²) in [6.07, 6.45) is 6.28. The third kappa shape index (κ3) is 4.67. The first kappa shape index (κ1) is 15.7. The van der Waals surface area contributed by atoms with E-state index in [0.29, 0.717) is 12.5 Å². The molecule has 19 heavy (non-hydrogen) atoms. The van der Waals surface area contributed by atoms with Gasteiger partial charge in [0.2, 0.25) is 0 Å². The Hall–Kier alpha value is -1.36. The minimum absolute atomic E-state index is 0.289. The van der Waals surface area contributed by atoms with Gasteiger partial charge in [-0.15, -0.1) is 0 Å². The molecule has 1 aromatic heterocycles. The number of rotatable bonds is 9. The highest BCUT2D eigenvalue weighted by atomic mass is 16.4. The van der Waals surface area contributed by atoms with Crippen LogP contribution >= 0.6 is 0 Å². The zero-order valence-electron chi connectivity index (χ0n) is 12.1. The summed E-state index contributed by atoms with van der Waals surface area (Å²) in [6, 6.07) is 0. The highest BCUT2D eigenvalue weighted by Gasteiger charge is 2.15. The maximum Gasteiger partial charge on any atom is 0.339 e. The molecular formula is C14H25N3O2. The quantitative estimate of drug-likeness (QED) is 0.721. The first-order valence-corrected chi connectivity index (χ1v) is 7.05. The number of carboxylic acid groups (broad SMARTS) is 1. The zero-order chi connectivity index (χ0) is 14.3. The normalized spacial score (nSPS) is 12.6. The average molecular weight is 267 g/mol. The second kappa shape index (κ2) is 7.94. The smallest absolute Gasteiger partial charge is 0.339 e. The number of nitrogens with one attached hydrogen (secondary N) is 1. The average Bonchev–Trinajstić information content (AvgIpc) is 2.75. The van der Waals surface area contributed by atoms with Gasteiger partial charge in [-0.1, -0.05) is 33.1 Å². The highest BCUT2D eigenvalue weighted by Crippen LogP contribution is 2.12. The molecule has 0 fully saturated rings. The molecule has 0 aliphatic rings. The van der Waals surface area contributed by atoms with E-state index >= 15 is 0 Å². The topological polar surface area (TPSA) is 67.2 Å². The van der Waals surface area contributed by atoms with Crippen LogP contribution < -0.4 is 5.32 Å². The van der Waals surface area contributed by atoms with Gasteiger partial charge in [0.05, 0.1) is 11.9 Å². The van der Waals surface area contributed by atoms with Crippen LogP contribution in [-0.4, -0.2) is 27.4 Å². The molecule has 0 aliphatic heterocycles. The molecule has 108 valence electrons. The molecule has 1 rings (SSSR count). The third-order valence-corrected chi connectivity index (χ3v) is 3.56. The summed E-state index contributed by atoms with van der Waals surface area (Å²) in [5, 5.41) is 16.4. The fourth-order valence-electron chi connectivity index (χ4n) is 2.19. The SMILES string of the molecule is CCCCC(CC)CNCc1c(C(=O)O)cnn1C. The predicted octanol–water partition coefficient (Wildman–Crippen LogP) is 2.42. The molecule has 0 radical (unpaired) electrons. The lowest BCUT2D eigenvalue weighted by Gasteiger charge is -2.15. The van der Waals surface area contributed by atoms with Crippen LogP contribution in [0, 0.1) is 5.92 Å². The molecule has 5 nitrogen and oxygen atoms in total. The highest BCUT2D eigenvalue weighted by molar-refractivity contribution is 5.88. The van der Waals surface area contributed by atoms with Gasteiger partial charge in [0.15, 0.2) is 0 Å². The monoisotopic (exact) mass is 267 g/mol. The molecule has 0 saturated carbocycles. The molecule has 0 spiro atoms. The van der Waals surface area contributed by atoms with Crippen LogP contribution in [0.2, 0.25) is 0 Å². The van der Waals surface area contributed by atoms with Crippen molar-refractivity contribution in [1.82, 2.24) is 15.1 Å². The van der Waals surface area contributed by atoms with Crippen LogP contribution in [0.15, 0.2) is 6.20 Å². The van der Waals surface area contributed by atoms with E-state index in [1.807, 2.05) is 0 Å². The van der Waals surface area contributed by atoms with E-state index in [0.717, 1.165) is 18.7 Å². The van der Waals surface area contributed by atoms with Crippen LogP contribution in [0.3, 0.4) is 0 Å². The van der Waals surface area contributed by atoms with Crippen molar-refractivity contribution in [3.05, 3.63) is 17.5 Å². The molecule has 1 atom stereocenters. The molecule has 1 heterocycles. The van der Waals surface area contributed by atoms with E-state index in [4.69, 9.17) is 5.11 Å². The fraction of sp³-hybridized carbons (Fsp3) is 0.714. The van der Waals surface area contributed by atoms with E-state index < -0.39 is 5.97 Å². The third-order valence-electron chi connectivity index (χ3n) is 3.56. The molecule has 0 bridgehead atoms. The minimum atomic E-state index is -0.914. The number of aryl methyl sites for hydroxylation is 1. The van der Waals surface area contributed by atoms with Gasteiger partial charge in [0, 0.05) is 13.6 Å². The van der Waals surface area contributed by atoms with Crippen LogP contribution in [0.1, 0.15) is 55.6 Å². The van der Waals surface area contributed by atoms with Crippen molar-refractivity contribution in [2.24, 2.45) is 13.0 Å². The minimum Gasteiger partial charge on any atom is -0.478 e. The molecule has 5 heteroatoms. The van der Waals surface area contributed by atoms with E-state index in [1.54, 1.807) is 11.7 Å². The summed E-state index contributed by atoms with van der Waals surface area (Å²) in [7, 11) is 1.78. The second-order valence-electron chi connectivity index (χ2n) is 4.98. The van der Waals surface area contributed by atoms with E-state index in [9.17, 15) is 4.79 Å². The van der Waals surface area contributed by atoms with Crippen LogP contribution in [0.5, 0.6) is 0 Å². The molecular weight excluding hydrogens is 242 g/mol. The summed E-state index contributed by atoms with van der Waals surface area (Å²) in [5.74, 6) is -0.246. The number of carboxylic acids is 1. The fourth-order valence-corrected chi connectivity index (χ4v) is 2.19. The molecule has 1 unspecified atom stereocenters. The Balaban J connectivity index is 2.48. The van der Waals surface area contributed by atoms with Gasteiger partial charge in [-0.25, -0.2) is 4.79 Å². The number of aromatic nitrogens is 2. The summed E-state index contributed by atoms with van der Waals surface area (Å²) >= 11 is 0. The predicted molar refractivity (Wildman–Crippen MR) is 75.2 cm³/mol. The Kier molecular flexibility index (Phi) is 6.56. The van der Waals surface area contributed by atoms with Crippen molar-refractivity contribution in [3.63, 3.8) is 0 Å². The lowest BCUT2D eigenvalue weighted by Crippen LogP contribution is -2.24. The van der Waals surface area contributed by atoms with E-state index in [2.05, 4.69) is 24.3 Å². The maximum atomic E-state index is 11.0. The largest absolute Gasteiger partial charge is 0.478 e. The van der Waals surface area contributed by atoms with Crippen molar-refractivity contribution < 1.29 is 9.90 Å². The Labute approximate surface area is 115 Å². The van der Waals surface area contributed by atoms with Crippen molar-refractivity contribution in [2.45, 2.75) is 46.1 Å². The molecule has 0 aromatic carbocycles. The first-order chi connectivity index (χ1) is 9.10. The molecule has 1 aromatic rings.